The summed E-state index contributed by atoms with van der Waals surface area (Å²) in [7, 11) is 2.77. The highest BCUT2D eigenvalue weighted by atomic mass is 16.8. The average Bonchev–Trinajstić information content (AvgIpc) is 3.41. The van der Waals surface area contributed by atoms with Crippen LogP contribution in [0.4, 0.5) is 0 Å². The summed E-state index contributed by atoms with van der Waals surface area (Å²) in [4.78, 5) is 38.0. The fraction of sp³-hybridized carbons (Fsp3) is 0.875. The van der Waals surface area contributed by atoms with E-state index in [1.807, 2.05) is 20.8 Å². The monoisotopic (exact) mass is 482 g/mol. The van der Waals surface area contributed by atoms with Gasteiger partial charge in [-0.25, -0.2) is 4.79 Å². The molecule has 5 aliphatic rings. The molecule has 10 heteroatoms. The topological polar surface area (TPSA) is 127 Å². The summed E-state index contributed by atoms with van der Waals surface area (Å²) >= 11 is 0. The number of carbonyl (C=O) groups is 3. The summed E-state index contributed by atoms with van der Waals surface area (Å²) in [6.45, 7) is 9.10. The zero-order valence-electron chi connectivity index (χ0n) is 20.7. The SMILES string of the molecule is COC(=O)C(C)[C@H]1CCC23C4O[C@H](O)C12OC1OC(=O)[C@H](OC)C13[C@H](C(C)(C)C)[C@H]4OC(C)=O. The maximum atomic E-state index is 13.1. The molecule has 2 aliphatic carbocycles. The van der Waals surface area contributed by atoms with Gasteiger partial charge >= 0.3 is 17.9 Å². The van der Waals surface area contributed by atoms with E-state index in [4.69, 9.17) is 28.4 Å². The van der Waals surface area contributed by atoms with Crippen LogP contribution in [0, 0.1) is 34.0 Å². The fourth-order valence-corrected chi connectivity index (χ4v) is 8.81. The van der Waals surface area contributed by atoms with Gasteiger partial charge in [0.2, 0.25) is 6.29 Å². The van der Waals surface area contributed by atoms with Crippen molar-refractivity contribution in [1.82, 2.24) is 0 Å². The molecule has 3 aliphatic heterocycles. The summed E-state index contributed by atoms with van der Waals surface area (Å²) in [6.07, 6.45) is -4.05. The molecule has 0 aromatic carbocycles. The number of aliphatic hydroxyl groups excluding tert-OH is 1. The van der Waals surface area contributed by atoms with Crippen LogP contribution in [-0.4, -0.2) is 73.7 Å². The van der Waals surface area contributed by atoms with E-state index in [0.717, 1.165) is 0 Å². The molecule has 0 bridgehead atoms. The van der Waals surface area contributed by atoms with Gasteiger partial charge in [-0.3, -0.25) is 9.59 Å². The van der Waals surface area contributed by atoms with Crippen LogP contribution in [0.15, 0.2) is 0 Å². The Morgan fingerprint density at radius 2 is 1.91 bits per heavy atom. The lowest BCUT2D eigenvalue weighted by molar-refractivity contribution is -0.253. The van der Waals surface area contributed by atoms with E-state index in [-0.39, 0.29) is 0 Å². The second kappa shape index (κ2) is 7.15. The average molecular weight is 483 g/mol. The minimum Gasteiger partial charge on any atom is -0.469 e. The van der Waals surface area contributed by atoms with Crippen LogP contribution in [0.25, 0.3) is 0 Å². The van der Waals surface area contributed by atoms with Crippen molar-refractivity contribution in [2.45, 2.75) is 84.0 Å². The van der Waals surface area contributed by atoms with Crippen molar-refractivity contribution in [2.24, 2.45) is 34.0 Å². The molecule has 3 heterocycles. The minimum atomic E-state index is -1.42. The Morgan fingerprint density at radius 3 is 2.47 bits per heavy atom. The first kappa shape index (κ1) is 24.0. The fourth-order valence-electron chi connectivity index (χ4n) is 8.81. The lowest BCUT2D eigenvalue weighted by Gasteiger charge is -2.48. The first-order valence-electron chi connectivity index (χ1n) is 11.9. The van der Waals surface area contributed by atoms with Crippen LogP contribution >= 0.6 is 0 Å². The van der Waals surface area contributed by atoms with Crippen LogP contribution in [-0.2, 0) is 42.8 Å². The van der Waals surface area contributed by atoms with E-state index in [0.29, 0.717) is 12.8 Å². The summed E-state index contributed by atoms with van der Waals surface area (Å²) < 4.78 is 35.4. The van der Waals surface area contributed by atoms with E-state index in [9.17, 15) is 19.5 Å². The number of ether oxygens (including phenoxy) is 6. The molecule has 3 saturated heterocycles. The molecule has 0 amide bonds. The summed E-state index contributed by atoms with van der Waals surface area (Å²) in [5.41, 5.74) is -3.97. The Balaban J connectivity index is 1.80. The lowest BCUT2D eigenvalue weighted by Crippen LogP contribution is -2.60. The zero-order chi connectivity index (χ0) is 25.0. The third kappa shape index (κ3) is 2.34. The first-order chi connectivity index (χ1) is 15.9. The van der Waals surface area contributed by atoms with Crippen LogP contribution < -0.4 is 0 Å². The van der Waals surface area contributed by atoms with Gasteiger partial charge in [0.25, 0.3) is 0 Å². The van der Waals surface area contributed by atoms with Gasteiger partial charge < -0.3 is 33.5 Å². The van der Waals surface area contributed by atoms with Crippen LogP contribution in [0.3, 0.4) is 0 Å². The molecule has 34 heavy (non-hydrogen) atoms. The highest BCUT2D eigenvalue weighted by Crippen LogP contribution is 2.84. The number of rotatable bonds is 4. The van der Waals surface area contributed by atoms with Gasteiger partial charge in [-0.1, -0.05) is 27.7 Å². The Hall–Kier alpha value is -1.75. The maximum absolute atomic E-state index is 13.1. The summed E-state index contributed by atoms with van der Waals surface area (Å²) in [5, 5.41) is 11.4. The lowest BCUT2D eigenvalue weighted by atomic mass is 9.51. The quantitative estimate of drug-likeness (QED) is 0.461. The third-order valence-corrected chi connectivity index (χ3v) is 9.35. The van der Waals surface area contributed by atoms with Gasteiger partial charge in [0, 0.05) is 25.9 Å². The highest BCUT2D eigenvalue weighted by molar-refractivity contribution is 5.80. The predicted octanol–water partition coefficient (Wildman–Crippen LogP) is 1.17. The van der Waals surface area contributed by atoms with Crippen molar-refractivity contribution in [1.29, 1.82) is 0 Å². The predicted molar refractivity (Wildman–Crippen MR) is 113 cm³/mol. The second-order valence-corrected chi connectivity index (χ2v) is 11.5. The van der Waals surface area contributed by atoms with Crippen molar-refractivity contribution in [3.63, 3.8) is 0 Å². The number of hydrogen-bond donors (Lipinski definition) is 1. The van der Waals surface area contributed by atoms with E-state index in [1.54, 1.807) is 6.92 Å². The van der Waals surface area contributed by atoms with Crippen LogP contribution in [0.2, 0.25) is 0 Å². The number of esters is 3. The summed E-state index contributed by atoms with van der Waals surface area (Å²) in [6, 6.07) is 0. The van der Waals surface area contributed by atoms with Crippen molar-refractivity contribution >= 4 is 17.9 Å². The molecule has 2 spiro atoms. The third-order valence-electron chi connectivity index (χ3n) is 9.35. The number of methoxy groups -OCH3 is 2. The van der Waals surface area contributed by atoms with Crippen LogP contribution in [0.1, 0.15) is 47.5 Å². The van der Waals surface area contributed by atoms with Gasteiger partial charge in [-0.15, -0.1) is 0 Å². The standard InChI is InChI=1S/C24H34O10/c1-10(17(26)30-7)12-8-9-22-15-13(31-11(2)25)14(21(3,4)5)23(22)16(29-6)18(27)33-20(23)34-24(12,22)19(28)32-15/h10,12-16,19-20,28H,8-9H2,1-7H3/t10?,12-,13-,14+,15?,16+,19+,20?,22?,23?,24?/m1/s1. The summed E-state index contributed by atoms with van der Waals surface area (Å²) in [5.74, 6) is -3.03. The second-order valence-electron chi connectivity index (χ2n) is 11.5. The van der Waals surface area contributed by atoms with Gasteiger partial charge in [-0.05, 0) is 18.3 Å². The molecular weight excluding hydrogens is 448 g/mol. The van der Waals surface area contributed by atoms with E-state index < -0.39 is 88.4 Å². The molecule has 0 radical (unpaired) electrons. The molecule has 0 aromatic rings. The van der Waals surface area contributed by atoms with E-state index >= 15 is 0 Å². The van der Waals surface area contributed by atoms with E-state index in [2.05, 4.69) is 0 Å². The van der Waals surface area contributed by atoms with Crippen molar-refractivity contribution in [2.75, 3.05) is 14.2 Å². The zero-order valence-corrected chi connectivity index (χ0v) is 20.7. The number of carbonyl (C=O) groups excluding carboxylic acids is 3. The van der Waals surface area contributed by atoms with Crippen molar-refractivity contribution in [3.05, 3.63) is 0 Å². The van der Waals surface area contributed by atoms with Gasteiger partial charge in [0.1, 0.15) is 17.8 Å². The molecule has 0 aromatic heterocycles. The molecule has 10 nitrogen and oxygen atoms in total. The highest BCUT2D eigenvalue weighted by Gasteiger charge is 2.97. The molecule has 2 saturated carbocycles. The minimum absolute atomic E-state index is 0.427. The Kier molecular flexibility index (Phi) is 5.04. The van der Waals surface area contributed by atoms with Gasteiger partial charge in [0.05, 0.1) is 23.9 Å². The van der Waals surface area contributed by atoms with E-state index in [1.165, 1.54) is 21.1 Å². The van der Waals surface area contributed by atoms with Gasteiger partial charge in [-0.2, -0.15) is 0 Å². The molecule has 1 N–H and O–H groups in total. The smallest absolute Gasteiger partial charge is 0.338 e. The van der Waals surface area contributed by atoms with Crippen molar-refractivity contribution < 1.29 is 47.9 Å². The largest absolute Gasteiger partial charge is 0.469 e. The van der Waals surface area contributed by atoms with Gasteiger partial charge in [0.15, 0.2) is 12.4 Å². The normalized spacial score (nSPS) is 49.3. The maximum Gasteiger partial charge on any atom is 0.338 e. The molecule has 5 fully saturated rings. The Labute approximate surface area is 198 Å². The number of hydrogen-bond acceptors (Lipinski definition) is 10. The molecule has 190 valence electrons. The Morgan fingerprint density at radius 1 is 1.24 bits per heavy atom. The van der Waals surface area contributed by atoms with Crippen molar-refractivity contribution in [3.8, 4) is 0 Å². The first-order valence-corrected chi connectivity index (χ1v) is 11.9. The Bertz CT molecular complexity index is 927. The molecule has 6 unspecified atom stereocenters. The number of aliphatic hydroxyl groups is 1. The molecule has 5 rings (SSSR count). The van der Waals surface area contributed by atoms with Crippen LogP contribution in [0.5, 0.6) is 0 Å². The molecular formula is C24H34O10. The molecule has 11 atom stereocenters.